The molecule has 0 spiro atoms. The third kappa shape index (κ3) is 7.66. The number of allylic oxidation sites excluding steroid dienone is 1. The average molecular weight is 482 g/mol. The van der Waals surface area contributed by atoms with E-state index in [1.807, 2.05) is 13.8 Å². The van der Waals surface area contributed by atoms with Gasteiger partial charge in [0.15, 0.2) is 5.76 Å². The van der Waals surface area contributed by atoms with E-state index in [1.165, 1.54) is 11.3 Å². The van der Waals surface area contributed by atoms with E-state index in [4.69, 9.17) is 16.9 Å². The Hall–Kier alpha value is -2.39. The van der Waals surface area contributed by atoms with E-state index >= 15 is 0 Å². The average Bonchev–Trinajstić information content (AvgIpc) is 3.29. The number of nitrogens with zero attached hydrogens (tertiary/aromatic N) is 1. The summed E-state index contributed by atoms with van der Waals surface area (Å²) in [5.41, 5.74) is 12.5. The Balaban J connectivity index is 0.00000233. The van der Waals surface area contributed by atoms with Gasteiger partial charge in [0, 0.05) is 37.3 Å². The molecule has 0 bridgehead atoms. The van der Waals surface area contributed by atoms with Gasteiger partial charge in [-0.15, -0.1) is 0 Å². The lowest BCUT2D eigenvalue weighted by Gasteiger charge is -2.13. The third-order valence-corrected chi connectivity index (χ3v) is 5.14. The second-order valence-corrected chi connectivity index (χ2v) is 8.14. The highest BCUT2D eigenvalue weighted by atomic mass is 32.1. The topological polar surface area (TPSA) is 158 Å². The molecule has 1 heterocycles. The molecule has 8 nitrogen and oxygen atoms in total. The fraction of sp³-hybridized carbons (Fsp3) is 0.250. The van der Waals surface area contributed by atoms with Crippen molar-refractivity contribution in [3.8, 4) is 0 Å². The number of nitrogens with two attached hydrogens (primary N) is 2. The molecule has 1 aromatic heterocycles. The van der Waals surface area contributed by atoms with Crippen LogP contribution in [0.15, 0.2) is 51.4 Å². The van der Waals surface area contributed by atoms with E-state index in [2.05, 4.69) is 22.9 Å². The molecule has 0 saturated heterocycles. The number of aliphatic imine (C=N–C) groups is 1. The zero-order valence-electron chi connectivity index (χ0n) is 17.5. The zero-order valence-corrected chi connectivity index (χ0v) is 20.2. The van der Waals surface area contributed by atoms with Crippen LogP contribution in [-0.2, 0) is 4.79 Å². The number of hydrogen-bond acceptors (Lipinski definition) is 8. The van der Waals surface area contributed by atoms with E-state index in [1.54, 1.807) is 41.3 Å². The van der Waals surface area contributed by atoms with Gasteiger partial charge in [-0.3, -0.25) is 10.2 Å². The third-order valence-electron chi connectivity index (χ3n) is 3.82. The fourth-order valence-corrected chi connectivity index (χ4v) is 3.46. The van der Waals surface area contributed by atoms with E-state index in [0.717, 1.165) is 0 Å². The van der Waals surface area contributed by atoms with Gasteiger partial charge in [-0.2, -0.15) is 24.0 Å². The summed E-state index contributed by atoms with van der Waals surface area (Å²) in [7, 11) is -0.581. The SMILES string of the molecule is CC(C)CNC(=O)/C(C(N)=Nc1ccc(N)cc1PO)=C(/O)C(=N)c1ccsc1.CS. The maximum Gasteiger partial charge on any atom is 0.258 e. The molecule has 0 aliphatic carbocycles. The first kappa shape index (κ1) is 26.6. The summed E-state index contributed by atoms with van der Waals surface area (Å²) in [5.74, 6) is -1.31. The monoisotopic (exact) mass is 481 g/mol. The molecular formula is C20H28N5O3PS2. The molecule has 11 heteroatoms. The molecule has 1 unspecified atom stereocenters. The van der Waals surface area contributed by atoms with Gasteiger partial charge in [-0.05, 0) is 41.8 Å². The number of benzene rings is 1. The second-order valence-electron chi connectivity index (χ2n) is 6.60. The number of aliphatic hydroxyl groups is 1. The van der Waals surface area contributed by atoms with Crippen molar-refractivity contribution in [1.82, 2.24) is 5.32 Å². The maximum absolute atomic E-state index is 12.8. The molecule has 2 rings (SSSR count). The molecule has 1 amide bonds. The van der Waals surface area contributed by atoms with E-state index in [9.17, 15) is 14.8 Å². The van der Waals surface area contributed by atoms with Crippen molar-refractivity contribution in [2.45, 2.75) is 13.8 Å². The number of carbonyl (C=O) groups excluding carboxylic acids is 1. The molecule has 1 atom stereocenters. The number of anilines is 1. The zero-order chi connectivity index (χ0) is 23.6. The van der Waals surface area contributed by atoms with Gasteiger partial charge in [-0.25, -0.2) is 4.99 Å². The molecule has 0 aliphatic heterocycles. The van der Waals surface area contributed by atoms with Crippen molar-refractivity contribution < 1.29 is 14.8 Å². The lowest BCUT2D eigenvalue weighted by molar-refractivity contribution is -0.117. The number of thiol groups is 1. The van der Waals surface area contributed by atoms with Gasteiger partial charge in [0.2, 0.25) is 0 Å². The van der Waals surface area contributed by atoms with Crippen LogP contribution in [0.2, 0.25) is 0 Å². The van der Waals surface area contributed by atoms with Gasteiger partial charge in [-0.1, -0.05) is 13.8 Å². The summed E-state index contributed by atoms with van der Waals surface area (Å²) < 4.78 is 0. The lowest BCUT2D eigenvalue weighted by Crippen LogP contribution is -2.35. The molecule has 0 radical (unpaired) electrons. The Bertz CT molecular complexity index is 960. The Kier molecular flexibility index (Phi) is 11.3. The minimum atomic E-state index is -0.638. The largest absolute Gasteiger partial charge is 0.505 e. The molecule has 31 heavy (non-hydrogen) atoms. The van der Waals surface area contributed by atoms with Gasteiger partial charge >= 0.3 is 0 Å². The van der Waals surface area contributed by atoms with Gasteiger partial charge in [0.05, 0.1) is 5.69 Å². The van der Waals surface area contributed by atoms with Crippen molar-refractivity contribution in [3.63, 3.8) is 0 Å². The van der Waals surface area contributed by atoms with Crippen LogP contribution in [-0.4, -0.2) is 40.3 Å². The minimum Gasteiger partial charge on any atom is -0.505 e. The molecule has 8 N–H and O–H groups in total. The van der Waals surface area contributed by atoms with Crippen LogP contribution in [0.25, 0.3) is 0 Å². The first-order valence-corrected chi connectivity index (χ1v) is 11.9. The number of nitrogens with one attached hydrogen (secondary N) is 2. The Morgan fingerprint density at radius 2 is 2.03 bits per heavy atom. The van der Waals surface area contributed by atoms with Crippen molar-refractivity contribution in [3.05, 3.63) is 51.9 Å². The first-order chi connectivity index (χ1) is 14.7. The van der Waals surface area contributed by atoms with E-state index in [-0.39, 0.29) is 23.0 Å². The standard InChI is InChI=1S/C19H24N5O3PS.CH4S/c1-10(2)8-23-19(26)15(17(25)16(21)11-5-6-29-9-11)18(22)24-13-4-3-12(20)7-14(13)28-27;1-2/h3-7,9-10,21,25,27-28H,8,20H2,1-2H3,(H2,22,24)(H,23,26);2H,1H3/b17-15+,21-16?;. The predicted octanol–water partition coefficient (Wildman–Crippen LogP) is 2.73. The summed E-state index contributed by atoms with van der Waals surface area (Å²) in [6, 6.07) is 6.36. The highest BCUT2D eigenvalue weighted by Gasteiger charge is 2.23. The van der Waals surface area contributed by atoms with Crippen LogP contribution >= 0.6 is 32.8 Å². The summed E-state index contributed by atoms with van der Waals surface area (Å²) in [4.78, 5) is 26.5. The van der Waals surface area contributed by atoms with Crippen LogP contribution in [0.1, 0.15) is 19.4 Å². The molecule has 0 fully saturated rings. The number of aliphatic hydroxyl groups excluding tert-OH is 1. The summed E-state index contributed by atoms with van der Waals surface area (Å²) in [6.45, 7) is 4.22. The summed E-state index contributed by atoms with van der Waals surface area (Å²) >= 11 is 4.89. The number of rotatable bonds is 8. The number of nitrogen functional groups attached to an aromatic ring is 1. The van der Waals surface area contributed by atoms with Crippen LogP contribution in [0.4, 0.5) is 11.4 Å². The van der Waals surface area contributed by atoms with Gasteiger partial charge in [0.1, 0.15) is 17.1 Å². The Labute approximate surface area is 193 Å². The van der Waals surface area contributed by atoms with E-state index < -0.39 is 20.5 Å². The highest BCUT2D eigenvalue weighted by Crippen LogP contribution is 2.21. The highest BCUT2D eigenvalue weighted by molar-refractivity contribution is 7.79. The number of amidine groups is 1. The molecule has 1 aromatic carbocycles. The maximum atomic E-state index is 12.8. The molecule has 2 aromatic rings. The minimum absolute atomic E-state index is 0.177. The number of thiophene rings is 1. The predicted molar refractivity (Wildman–Crippen MR) is 136 cm³/mol. The molecular weight excluding hydrogens is 453 g/mol. The van der Waals surface area contributed by atoms with Crippen molar-refractivity contribution >= 4 is 66.9 Å². The van der Waals surface area contributed by atoms with Gasteiger partial charge < -0.3 is 26.8 Å². The molecule has 168 valence electrons. The second kappa shape index (κ2) is 13.1. The Morgan fingerprint density at radius 1 is 1.35 bits per heavy atom. The number of carbonyl (C=O) groups is 1. The van der Waals surface area contributed by atoms with Crippen LogP contribution in [0, 0.1) is 11.3 Å². The number of amides is 1. The van der Waals surface area contributed by atoms with Crippen LogP contribution < -0.4 is 22.1 Å². The van der Waals surface area contributed by atoms with Crippen LogP contribution in [0.5, 0.6) is 0 Å². The van der Waals surface area contributed by atoms with Gasteiger partial charge in [0.25, 0.3) is 5.91 Å². The lowest BCUT2D eigenvalue weighted by atomic mass is 10.1. The van der Waals surface area contributed by atoms with Crippen LogP contribution in [0.3, 0.4) is 0 Å². The van der Waals surface area contributed by atoms with E-state index in [0.29, 0.717) is 28.8 Å². The molecule has 0 aliphatic rings. The molecule has 0 saturated carbocycles. The smallest absolute Gasteiger partial charge is 0.258 e. The number of hydrogen-bond donors (Lipinski definition) is 7. The normalized spacial score (nSPS) is 12.4. The Morgan fingerprint density at radius 3 is 2.58 bits per heavy atom. The summed E-state index contributed by atoms with van der Waals surface area (Å²) in [5, 5.41) is 25.5. The van der Waals surface area contributed by atoms with Crippen molar-refractivity contribution in [2.24, 2.45) is 16.6 Å². The summed E-state index contributed by atoms with van der Waals surface area (Å²) in [6.07, 6.45) is 1.69. The fourth-order valence-electron chi connectivity index (χ4n) is 2.33. The van der Waals surface area contributed by atoms with Crippen molar-refractivity contribution in [1.29, 1.82) is 5.41 Å². The quantitative estimate of drug-likeness (QED) is 0.0587. The van der Waals surface area contributed by atoms with Crippen molar-refractivity contribution in [2.75, 3.05) is 18.5 Å². The first-order valence-electron chi connectivity index (χ1n) is 9.16.